The molecule has 0 N–H and O–H groups in total. The zero-order valence-electron chi connectivity index (χ0n) is 23.3. The van der Waals surface area contributed by atoms with Crippen LogP contribution in [-0.2, 0) is 9.53 Å². The number of nitrogens with zero attached hydrogens (tertiary/aromatic N) is 5. The standard InChI is InChI=1S/C29H31N5O6S/c1-5-40-28(36)25-18(2)30-29-33(26(25)19-7-6-8-22(16-19)39-4)27(35)24(41-29)17-20-15-21(34(37)38)9-10-23(20)32-13-11-31(3)12-14-32/h6-10,15-17,26H,5,11-14H2,1-4H3/b24-17+/t26-/m1/s1. The highest BCUT2D eigenvalue weighted by Crippen LogP contribution is 2.32. The molecule has 5 rings (SSSR count). The van der Waals surface area contributed by atoms with Gasteiger partial charge in [-0.3, -0.25) is 19.5 Å². The zero-order chi connectivity index (χ0) is 29.3. The van der Waals surface area contributed by atoms with Gasteiger partial charge in [-0.05, 0) is 50.7 Å². The number of carbonyl (C=O) groups excluding carboxylic acids is 1. The second-order valence-electron chi connectivity index (χ2n) is 9.87. The fourth-order valence-corrected chi connectivity index (χ4v) is 6.20. The Morgan fingerprint density at radius 2 is 1.95 bits per heavy atom. The van der Waals surface area contributed by atoms with Crippen molar-refractivity contribution in [3.8, 4) is 5.75 Å². The van der Waals surface area contributed by atoms with E-state index in [1.54, 1.807) is 51.3 Å². The van der Waals surface area contributed by atoms with Gasteiger partial charge >= 0.3 is 5.97 Å². The monoisotopic (exact) mass is 577 g/mol. The second-order valence-corrected chi connectivity index (χ2v) is 10.9. The molecule has 1 atom stereocenters. The molecule has 0 saturated carbocycles. The number of carbonyl (C=O) groups is 1. The molecule has 1 aromatic heterocycles. The van der Waals surface area contributed by atoms with Gasteiger partial charge in [0.1, 0.15) is 5.75 Å². The molecule has 214 valence electrons. The molecule has 2 aliphatic rings. The topological polar surface area (TPSA) is 120 Å². The Morgan fingerprint density at radius 1 is 1.20 bits per heavy atom. The van der Waals surface area contributed by atoms with Crippen molar-refractivity contribution >= 4 is 34.8 Å². The Hall–Kier alpha value is -4.29. The highest BCUT2D eigenvalue weighted by molar-refractivity contribution is 7.07. The first-order chi connectivity index (χ1) is 19.7. The Bertz CT molecular complexity index is 1720. The molecule has 0 aliphatic carbocycles. The lowest BCUT2D eigenvalue weighted by molar-refractivity contribution is -0.384. The predicted octanol–water partition coefficient (Wildman–Crippen LogP) is 2.47. The van der Waals surface area contributed by atoms with E-state index in [2.05, 4.69) is 21.8 Å². The van der Waals surface area contributed by atoms with Crippen LogP contribution in [0.1, 0.15) is 31.0 Å². The number of aromatic nitrogens is 1. The van der Waals surface area contributed by atoms with E-state index < -0.39 is 16.9 Å². The third-order valence-electron chi connectivity index (χ3n) is 7.28. The largest absolute Gasteiger partial charge is 0.497 e. The number of benzene rings is 2. The summed E-state index contributed by atoms with van der Waals surface area (Å²) in [6.07, 6.45) is 1.69. The lowest BCUT2D eigenvalue weighted by atomic mass is 9.95. The number of likely N-dealkylation sites (N-methyl/N-ethyl adjacent to an activating group) is 1. The van der Waals surface area contributed by atoms with E-state index >= 15 is 0 Å². The maximum absolute atomic E-state index is 14.1. The van der Waals surface area contributed by atoms with Gasteiger partial charge in [0.2, 0.25) is 0 Å². The fourth-order valence-electron chi connectivity index (χ4n) is 5.17. The SMILES string of the molecule is CCOC(=O)C1=C(C)N=c2s/c(=C/c3cc([N+](=O)[O-])ccc3N3CCN(C)CC3)c(=O)n2[C@@H]1c1cccc(OC)c1. The number of hydrogen-bond donors (Lipinski definition) is 0. The van der Waals surface area contributed by atoms with Gasteiger partial charge < -0.3 is 19.3 Å². The van der Waals surface area contributed by atoms with E-state index in [9.17, 15) is 19.7 Å². The minimum atomic E-state index is -0.787. The summed E-state index contributed by atoms with van der Waals surface area (Å²) in [5.41, 5.74) is 2.38. The summed E-state index contributed by atoms with van der Waals surface area (Å²) in [5.74, 6) is 0.0304. The van der Waals surface area contributed by atoms with Crippen molar-refractivity contribution < 1.29 is 19.2 Å². The van der Waals surface area contributed by atoms with Crippen LogP contribution in [0.5, 0.6) is 5.75 Å². The van der Waals surface area contributed by atoms with Crippen LogP contribution in [0.25, 0.3) is 6.08 Å². The van der Waals surface area contributed by atoms with Crippen LogP contribution in [-0.4, -0.2) is 67.3 Å². The number of ether oxygens (including phenoxy) is 2. The number of allylic oxidation sites excluding steroid dienone is 1. The number of nitro groups is 1. The molecule has 41 heavy (non-hydrogen) atoms. The normalized spacial score (nSPS) is 17.7. The molecule has 3 aromatic rings. The number of fused-ring (bicyclic) bond motifs is 1. The molecular formula is C29H31N5O6S. The molecule has 0 amide bonds. The summed E-state index contributed by atoms with van der Waals surface area (Å²) in [6.45, 7) is 6.85. The van der Waals surface area contributed by atoms with Crippen LogP contribution >= 0.6 is 11.3 Å². The first kappa shape index (κ1) is 28.2. The van der Waals surface area contributed by atoms with Crippen molar-refractivity contribution in [1.82, 2.24) is 9.47 Å². The molecule has 3 heterocycles. The number of rotatable bonds is 7. The van der Waals surface area contributed by atoms with Crippen LogP contribution in [0.3, 0.4) is 0 Å². The highest BCUT2D eigenvalue weighted by atomic mass is 32.1. The van der Waals surface area contributed by atoms with Crippen molar-refractivity contribution in [2.24, 2.45) is 4.99 Å². The molecule has 0 unspecified atom stereocenters. The summed E-state index contributed by atoms with van der Waals surface area (Å²) in [5, 5.41) is 11.6. The van der Waals surface area contributed by atoms with Crippen LogP contribution in [0.2, 0.25) is 0 Å². The molecule has 2 aromatic carbocycles. The van der Waals surface area contributed by atoms with Gasteiger partial charge in [-0.1, -0.05) is 23.5 Å². The van der Waals surface area contributed by atoms with Crippen LogP contribution in [0, 0.1) is 10.1 Å². The lowest BCUT2D eigenvalue weighted by Crippen LogP contribution is -2.44. The maximum atomic E-state index is 14.1. The Balaban J connectivity index is 1.71. The van der Waals surface area contributed by atoms with Gasteiger partial charge in [0.25, 0.3) is 11.2 Å². The van der Waals surface area contributed by atoms with E-state index in [1.807, 2.05) is 6.07 Å². The van der Waals surface area contributed by atoms with E-state index in [1.165, 1.54) is 28.0 Å². The molecule has 1 fully saturated rings. The van der Waals surface area contributed by atoms with E-state index in [0.717, 1.165) is 31.9 Å². The number of nitro benzene ring substituents is 1. The highest BCUT2D eigenvalue weighted by Gasteiger charge is 2.33. The number of non-ortho nitro benzene ring substituents is 1. The molecular weight excluding hydrogens is 546 g/mol. The Kier molecular flexibility index (Phi) is 8.04. The lowest BCUT2D eigenvalue weighted by Gasteiger charge is -2.34. The van der Waals surface area contributed by atoms with Gasteiger partial charge in [0, 0.05) is 49.6 Å². The molecule has 1 saturated heterocycles. The van der Waals surface area contributed by atoms with E-state index in [4.69, 9.17) is 9.47 Å². The summed E-state index contributed by atoms with van der Waals surface area (Å²) < 4.78 is 12.6. The summed E-state index contributed by atoms with van der Waals surface area (Å²) in [4.78, 5) is 47.8. The molecule has 12 heteroatoms. The summed E-state index contributed by atoms with van der Waals surface area (Å²) in [6, 6.07) is 11.1. The van der Waals surface area contributed by atoms with Gasteiger partial charge in [-0.15, -0.1) is 0 Å². The smallest absolute Gasteiger partial charge is 0.338 e. The van der Waals surface area contributed by atoms with Crippen molar-refractivity contribution in [3.05, 3.63) is 94.7 Å². The Labute approximate surface area is 240 Å². The van der Waals surface area contributed by atoms with Gasteiger partial charge in [0.05, 0.1) is 40.5 Å². The maximum Gasteiger partial charge on any atom is 0.338 e. The zero-order valence-corrected chi connectivity index (χ0v) is 24.1. The third-order valence-corrected chi connectivity index (χ3v) is 8.26. The molecule has 2 aliphatic heterocycles. The third kappa shape index (κ3) is 5.52. The van der Waals surface area contributed by atoms with Crippen molar-refractivity contribution in [2.75, 3.05) is 51.8 Å². The Morgan fingerprint density at radius 3 is 2.63 bits per heavy atom. The predicted molar refractivity (Wildman–Crippen MR) is 156 cm³/mol. The molecule has 0 spiro atoms. The fraction of sp³-hybridized carbons (Fsp3) is 0.345. The first-order valence-corrected chi connectivity index (χ1v) is 14.1. The summed E-state index contributed by atoms with van der Waals surface area (Å²) in [7, 11) is 3.61. The summed E-state index contributed by atoms with van der Waals surface area (Å²) >= 11 is 1.18. The number of piperazine rings is 1. The van der Waals surface area contributed by atoms with E-state index in [-0.39, 0.29) is 23.4 Å². The van der Waals surface area contributed by atoms with Gasteiger partial charge in [-0.25, -0.2) is 9.79 Å². The van der Waals surface area contributed by atoms with Crippen LogP contribution < -0.4 is 24.5 Å². The van der Waals surface area contributed by atoms with Crippen LogP contribution in [0.15, 0.2) is 63.5 Å². The number of anilines is 1. The van der Waals surface area contributed by atoms with Gasteiger partial charge in [-0.2, -0.15) is 0 Å². The molecule has 0 bridgehead atoms. The average molecular weight is 578 g/mol. The number of thiazole rings is 1. The van der Waals surface area contributed by atoms with E-state index in [0.29, 0.717) is 31.9 Å². The molecule has 0 radical (unpaired) electrons. The number of esters is 1. The van der Waals surface area contributed by atoms with Crippen molar-refractivity contribution in [3.63, 3.8) is 0 Å². The average Bonchev–Trinajstić information content (AvgIpc) is 3.26. The first-order valence-electron chi connectivity index (χ1n) is 13.3. The minimum absolute atomic E-state index is 0.0587. The quantitative estimate of drug-likeness (QED) is 0.239. The van der Waals surface area contributed by atoms with Crippen molar-refractivity contribution in [1.29, 1.82) is 0 Å². The number of methoxy groups -OCH3 is 1. The minimum Gasteiger partial charge on any atom is -0.497 e. The van der Waals surface area contributed by atoms with Gasteiger partial charge in [0.15, 0.2) is 4.80 Å². The van der Waals surface area contributed by atoms with Crippen LogP contribution in [0.4, 0.5) is 11.4 Å². The molecule has 11 nitrogen and oxygen atoms in total. The van der Waals surface area contributed by atoms with Crippen molar-refractivity contribution in [2.45, 2.75) is 19.9 Å². The number of hydrogen-bond acceptors (Lipinski definition) is 10. The second kappa shape index (κ2) is 11.7.